The van der Waals surface area contributed by atoms with Crippen molar-refractivity contribution in [2.24, 2.45) is 22.1 Å². The highest BCUT2D eigenvalue weighted by atomic mass is 19.4. The number of halogens is 3. The van der Waals surface area contributed by atoms with Crippen LogP contribution in [0.5, 0.6) is 5.75 Å². The number of alkyl halides is 3. The first-order chi connectivity index (χ1) is 18.7. The monoisotopic (exact) mass is 562 g/mol. The molecule has 1 saturated carbocycles. The summed E-state index contributed by atoms with van der Waals surface area (Å²) in [6.45, 7) is 7.21. The summed E-state index contributed by atoms with van der Waals surface area (Å²) in [5.74, 6) is -0.848. The summed E-state index contributed by atoms with van der Waals surface area (Å²) in [5, 5.41) is 11.3. The fourth-order valence-electron chi connectivity index (χ4n) is 4.91. The molecule has 0 spiro atoms. The Kier molecular flexibility index (Phi) is 10.1. The third kappa shape index (κ3) is 9.46. The Labute approximate surface area is 232 Å². The molecule has 0 saturated heterocycles. The number of aliphatic imine (C=N–C) groups is 1. The number of hydrogen-bond donors (Lipinski definition) is 3. The molecule has 4 N–H and O–H groups in total. The molecule has 1 aliphatic rings. The Hall–Kier alpha value is -3.76. The minimum absolute atomic E-state index is 0.0389. The van der Waals surface area contributed by atoms with Gasteiger partial charge in [-0.25, -0.2) is 4.99 Å². The van der Waals surface area contributed by atoms with E-state index in [4.69, 9.17) is 10.8 Å². The minimum atomic E-state index is -4.78. The number of amides is 1. The average molecular weight is 563 g/mol. The third-order valence-corrected chi connectivity index (χ3v) is 7.16. The van der Waals surface area contributed by atoms with E-state index >= 15 is 0 Å². The molecule has 2 aromatic carbocycles. The molecule has 11 heteroatoms. The Morgan fingerprint density at radius 1 is 1.02 bits per heavy atom. The van der Waals surface area contributed by atoms with E-state index in [1.54, 1.807) is 12.1 Å². The largest absolute Gasteiger partial charge is 0.573 e. The summed E-state index contributed by atoms with van der Waals surface area (Å²) in [5.41, 5.74) is 8.41. The zero-order valence-corrected chi connectivity index (χ0v) is 23.0. The van der Waals surface area contributed by atoms with E-state index < -0.39 is 12.3 Å². The molecule has 0 aliphatic heterocycles. The normalized spacial score (nSPS) is 18.2. The Morgan fingerprint density at radius 3 is 2.15 bits per heavy atom. The second-order valence-corrected chi connectivity index (χ2v) is 11.1. The SMILES string of the molecule is CC(C)(C)C1CCC(N(Cc2ccc(C(=O)NCCC(=O)O)cc2)C(N)=Nc2ccc(OC(F)(F)F)cc2)CC1. The maximum atomic E-state index is 12.5. The Morgan fingerprint density at radius 2 is 1.62 bits per heavy atom. The van der Waals surface area contributed by atoms with Crippen LogP contribution in [0.1, 0.15) is 68.8 Å². The van der Waals surface area contributed by atoms with E-state index in [9.17, 15) is 22.8 Å². The van der Waals surface area contributed by atoms with Gasteiger partial charge in [0.15, 0.2) is 5.96 Å². The quantitative estimate of drug-likeness (QED) is 0.261. The van der Waals surface area contributed by atoms with Crippen molar-refractivity contribution < 1.29 is 32.6 Å². The van der Waals surface area contributed by atoms with Crippen molar-refractivity contribution in [1.29, 1.82) is 0 Å². The van der Waals surface area contributed by atoms with Gasteiger partial charge in [-0.15, -0.1) is 13.2 Å². The van der Waals surface area contributed by atoms with Gasteiger partial charge in [0.05, 0.1) is 12.1 Å². The van der Waals surface area contributed by atoms with Crippen molar-refractivity contribution in [3.63, 3.8) is 0 Å². The fraction of sp³-hybridized carbons (Fsp3) is 0.483. The Bertz CT molecular complexity index is 1170. The van der Waals surface area contributed by atoms with E-state index in [1.807, 2.05) is 17.0 Å². The smallest absolute Gasteiger partial charge is 0.481 e. The van der Waals surface area contributed by atoms with Gasteiger partial charge < -0.3 is 25.8 Å². The first-order valence-electron chi connectivity index (χ1n) is 13.3. The van der Waals surface area contributed by atoms with E-state index in [2.05, 4.69) is 35.8 Å². The first-order valence-corrected chi connectivity index (χ1v) is 13.3. The lowest BCUT2D eigenvalue weighted by molar-refractivity contribution is -0.274. The molecule has 0 heterocycles. The number of carboxylic acid groups (broad SMARTS) is 1. The molecule has 1 aliphatic carbocycles. The van der Waals surface area contributed by atoms with Gasteiger partial charge in [-0.2, -0.15) is 0 Å². The summed E-state index contributed by atoms with van der Waals surface area (Å²) < 4.78 is 41.4. The number of guanidine groups is 1. The maximum absolute atomic E-state index is 12.5. The minimum Gasteiger partial charge on any atom is -0.481 e. The second kappa shape index (κ2) is 13.1. The average Bonchev–Trinajstić information content (AvgIpc) is 2.87. The van der Waals surface area contributed by atoms with Crippen LogP contribution in [0.2, 0.25) is 0 Å². The zero-order valence-electron chi connectivity index (χ0n) is 23.0. The van der Waals surface area contributed by atoms with Crippen molar-refractivity contribution >= 4 is 23.5 Å². The van der Waals surface area contributed by atoms with Crippen LogP contribution in [0.15, 0.2) is 53.5 Å². The molecule has 0 unspecified atom stereocenters. The number of hydrogen-bond acceptors (Lipinski definition) is 4. The molecule has 2 aromatic rings. The number of nitrogens with zero attached hydrogens (tertiary/aromatic N) is 2. The van der Waals surface area contributed by atoms with Gasteiger partial charge >= 0.3 is 12.3 Å². The lowest BCUT2D eigenvalue weighted by atomic mass is 9.71. The molecule has 0 bridgehead atoms. The van der Waals surface area contributed by atoms with Gasteiger partial charge in [0.1, 0.15) is 5.75 Å². The maximum Gasteiger partial charge on any atom is 0.573 e. The molecule has 0 radical (unpaired) electrons. The van der Waals surface area contributed by atoms with Crippen molar-refractivity contribution in [3.05, 3.63) is 59.7 Å². The highest BCUT2D eigenvalue weighted by molar-refractivity contribution is 5.94. The summed E-state index contributed by atoms with van der Waals surface area (Å²) >= 11 is 0. The van der Waals surface area contributed by atoms with Crippen molar-refractivity contribution in [1.82, 2.24) is 10.2 Å². The number of nitrogens with one attached hydrogen (secondary N) is 1. The Balaban J connectivity index is 1.77. The van der Waals surface area contributed by atoms with E-state index in [0.29, 0.717) is 23.7 Å². The van der Waals surface area contributed by atoms with Crippen LogP contribution in [0.4, 0.5) is 18.9 Å². The number of aliphatic carboxylic acids is 1. The van der Waals surface area contributed by atoms with Crippen LogP contribution in [0, 0.1) is 11.3 Å². The van der Waals surface area contributed by atoms with Gasteiger partial charge in [0.2, 0.25) is 0 Å². The lowest BCUT2D eigenvalue weighted by Gasteiger charge is -2.41. The second-order valence-electron chi connectivity index (χ2n) is 11.1. The van der Waals surface area contributed by atoms with E-state index in [-0.39, 0.29) is 42.0 Å². The van der Waals surface area contributed by atoms with Gasteiger partial charge in [-0.05, 0) is 79.0 Å². The molecule has 1 amide bonds. The first kappa shape index (κ1) is 30.8. The van der Waals surface area contributed by atoms with Crippen molar-refractivity contribution in [2.45, 2.75) is 71.8 Å². The molecular formula is C29H37F3N4O4. The molecule has 0 atom stereocenters. The van der Waals surface area contributed by atoms with Crippen LogP contribution in [0.3, 0.4) is 0 Å². The number of carboxylic acids is 1. The highest BCUT2D eigenvalue weighted by Crippen LogP contribution is 2.39. The van der Waals surface area contributed by atoms with Crippen LogP contribution in [-0.2, 0) is 11.3 Å². The standard InChI is InChI=1S/C29H37F3N4O4/c1-28(2,3)21-8-12-23(13-9-21)36(27(33)35-22-10-14-24(15-11-22)40-29(30,31)32)18-19-4-6-20(7-5-19)26(39)34-17-16-25(37)38/h4-7,10-11,14-15,21,23H,8-9,12-13,16-18H2,1-3H3,(H2,33,35)(H,34,39)(H,37,38). The lowest BCUT2D eigenvalue weighted by Crippen LogP contribution is -2.46. The number of ether oxygens (including phenoxy) is 1. The number of carbonyl (C=O) groups excluding carboxylic acids is 1. The molecule has 218 valence electrons. The van der Waals surface area contributed by atoms with Crippen LogP contribution in [0.25, 0.3) is 0 Å². The topological polar surface area (TPSA) is 117 Å². The highest BCUT2D eigenvalue weighted by Gasteiger charge is 2.33. The summed E-state index contributed by atoms with van der Waals surface area (Å²) in [6, 6.07) is 12.3. The molecule has 1 fully saturated rings. The van der Waals surface area contributed by atoms with Gasteiger partial charge in [-0.1, -0.05) is 32.9 Å². The van der Waals surface area contributed by atoms with Gasteiger partial charge in [0, 0.05) is 24.7 Å². The number of carbonyl (C=O) groups is 2. The summed E-state index contributed by atoms with van der Waals surface area (Å²) in [4.78, 5) is 29.5. The predicted octanol–water partition coefficient (Wildman–Crippen LogP) is 5.84. The molecule has 0 aromatic heterocycles. The predicted molar refractivity (Wildman–Crippen MR) is 146 cm³/mol. The summed E-state index contributed by atoms with van der Waals surface area (Å²) in [7, 11) is 0. The molecule has 3 rings (SSSR count). The molecule has 8 nitrogen and oxygen atoms in total. The zero-order chi connectivity index (χ0) is 29.5. The molecular weight excluding hydrogens is 525 g/mol. The summed E-state index contributed by atoms with van der Waals surface area (Å²) in [6.07, 6.45) is -1.02. The number of nitrogens with two attached hydrogens (primary N) is 1. The van der Waals surface area contributed by atoms with Crippen LogP contribution < -0.4 is 15.8 Å². The van der Waals surface area contributed by atoms with Gasteiger partial charge in [0.25, 0.3) is 5.91 Å². The van der Waals surface area contributed by atoms with Crippen LogP contribution >= 0.6 is 0 Å². The van der Waals surface area contributed by atoms with E-state index in [0.717, 1.165) is 31.2 Å². The number of benzene rings is 2. The van der Waals surface area contributed by atoms with Gasteiger partial charge in [-0.3, -0.25) is 9.59 Å². The van der Waals surface area contributed by atoms with Crippen molar-refractivity contribution in [3.8, 4) is 5.75 Å². The number of rotatable bonds is 9. The fourth-order valence-corrected chi connectivity index (χ4v) is 4.91. The van der Waals surface area contributed by atoms with Crippen LogP contribution in [-0.4, -0.2) is 46.8 Å². The van der Waals surface area contributed by atoms with Crippen molar-refractivity contribution in [2.75, 3.05) is 6.54 Å². The molecule has 40 heavy (non-hydrogen) atoms. The third-order valence-electron chi connectivity index (χ3n) is 7.16. The van der Waals surface area contributed by atoms with E-state index in [1.165, 1.54) is 24.3 Å².